The number of anilines is 2. The van der Waals surface area contributed by atoms with Gasteiger partial charge in [-0.25, -0.2) is 8.42 Å². The minimum atomic E-state index is -3.65. The van der Waals surface area contributed by atoms with Crippen LogP contribution in [0.15, 0.2) is 39.9 Å². The molecule has 0 spiro atoms. The summed E-state index contributed by atoms with van der Waals surface area (Å²) in [5.41, 5.74) is 1.73. The molecule has 1 aromatic heterocycles. The average molecular weight is 267 g/mol. The third kappa shape index (κ3) is 2.45. The third-order valence-electron chi connectivity index (χ3n) is 2.47. The minimum Gasteiger partial charge on any atom is -0.388 e. The molecule has 0 unspecified atom stereocenters. The summed E-state index contributed by atoms with van der Waals surface area (Å²) in [4.78, 5) is 0.167. The Labute approximate surface area is 105 Å². The largest absolute Gasteiger partial charge is 0.388 e. The lowest BCUT2D eigenvalue weighted by atomic mass is 10.2. The van der Waals surface area contributed by atoms with E-state index in [2.05, 4.69) is 19.7 Å². The zero-order valence-corrected chi connectivity index (χ0v) is 10.8. The maximum Gasteiger partial charge on any atom is 0.263 e. The predicted molar refractivity (Wildman–Crippen MR) is 68.0 cm³/mol. The molecule has 0 bridgehead atoms. The van der Waals surface area contributed by atoms with E-state index in [1.165, 1.54) is 12.3 Å². The Bertz CT molecular complexity index is 636. The van der Waals surface area contributed by atoms with Gasteiger partial charge in [0.05, 0.1) is 4.90 Å². The van der Waals surface area contributed by atoms with Gasteiger partial charge in [-0.1, -0.05) is 11.2 Å². The highest BCUT2D eigenvalue weighted by Crippen LogP contribution is 2.21. The zero-order chi connectivity index (χ0) is 13.2. The molecule has 1 heterocycles. The number of nitrogens with one attached hydrogen (secondary N) is 2. The van der Waals surface area contributed by atoms with Crippen molar-refractivity contribution < 1.29 is 12.9 Å². The highest BCUT2D eigenvalue weighted by atomic mass is 32.2. The molecule has 0 aliphatic heterocycles. The molecule has 6 nitrogen and oxygen atoms in total. The summed E-state index contributed by atoms with van der Waals surface area (Å²) in [6.45, 7) is 1.90. The van der Waals surface area contributed by atoms with E-state index in [1.807, 2.05) is 6.92 Å². The molecule has 0 saturated heterocycles. The number of rotatable bonds is 4. The highest BCUT2D eigenvalue weighted by molar-refractivity contribution is 7.92. The van der Waals surface area contributed by atoms with Crippen molar-refractivity contribution in [2.45, 2.75) is 11.8 Å². The first-order chi connectivity index (χ1) is 8.53. The van der Waals surface area contributed by atoms with E-state index in [-0.39, 0.29) is 10.7 Å². The number of benzene rings is 1. The van der Waals surface area contributed by atoms with Crippen LogP contribution >= 0.6 is 0 Å². The molecule has 0 aliphatic rings. The molecule has 1 aromatic carbocycles. The first kappa shape index (κ1) is 12.4. The summed E-state index contributed by atoms with van der Waals surface area (Å²) in [6, 6.07) is 6.28. The molecule has 96 valence electrons. The number of hydrogen-bond donors (Lipinski definition) is 2. The van der Waals surface area contributed by atoms with Gasteiger partial charge in [0.25, 0.3) is 10.0 Å². The number of aromatic nitrogens is 1. The van der Waals surface area contributed by atoms with Gasteiger partial charge in [0, 0.05) is 18.8 Å². The second-order valence-electron chi connectivity index (χ2n) is 3.72. The lowest BCUT2D eigenvalue weighted by Gasteiger charge is -2.09. The zero-order valence-electron chi connectivity index (χ0n) is 9.97. The number of aryl methyl sites for hydroxylation is 1. The van der Waals surface area contributed by atoms with Gasteiger partial charge in [-0.3, -0.25) is 4.72 Å². The summed E-state index contributed by atoms with van der Waals surface area (Å²) in [7, 11) is -1.91. The van der Waals surface area contributed by atoms with Crippen molar-refractivity contribution in [2.24, 2.45) is 0 Å². The van der Waals surface area contributed by atoms with Gasteiger partial charge >= 0.3 is 0 Å². The summed E-state index contributed by atoms with van der Waals surface area (Å²) in [5.74, 6) is 0.154. The molecular formula is C11H13N3O3S. The van der Waals surface area contributed by atoms with E-state index in [9.17, 15) is 8.42 Å². The lowest BCUT2D eigenvalue weighted by Crippen LogP contribution is -2.13. The van der Waals surface area contributed by atoms with Crippen LogP contribution in [-0.4, -0.2) is 20.6 Å². The van der Waals surface area contributed by atoms with Crippen molar-refractivity contribution in [2.75, 3.05) is 17.1 Å². The molecule has 0 saturated carbocycles. The van der Waals surface area contributed by atoms with E-state index < -0.39 is 10.0 Å². The van der Waals surface area contributed by atoms with Gasteiger partial charge in [0.15, 0.2) is 5.82 Å². The lowest BCUT2D eigenvalue weighted by molar-refractivity contribution is 0.423. The molecule has 2 rings (SSSR count). The fourth-order valence-electron chi connectivity index (χ4n) is 1.50. The summed E-state index contributed by atoms with van der Waals surface area (Å²) in [5, 5.41) is 6.45. The third-order valence-corrected chi connectivity index (χ3v) is 3.82. The molecule has 0 fully saturated rings. The Morgan fingerprint density at radius 1 is 1.28 bits per heavy atom. The van der Waals surface area contributed by atoms with Gasteiger partial charge < -0.3 is 9.84 Å². The van der Waals surface area contributed by atoms with Gasteiger partial charge in [0.2, 0.25) is 0 Å². The van der Waals surface area contributed by atoms with Crippen LogP contribution in [0.4, 0.5) is 11.5 Å². The van der Waals surface area contributed by atoms with Crippen LogP contribution in [0.2, 0.25) is 0 Å². The minimum absolute atomic E-state index is 0.154. The Morgan fingerprint density at radius 2 is 2.06 bits per heavy atom. The Hall–Kier alpha value is -2.02. The number of sulfonamides is 1. The van der Waals surface area contributed by atoms with Crippen LogP contribution in [0, 0.1) is 6.92 Å². The van der Waals surface area contributed by atoms with E-state index in [0.29, 0.717) is 0 Å². The van der Waals surface area contributed by atoms with Gasteiger partial charge in [-0.05, 0) is 24.6 Å². The van der Waals surface area contributed by atoms with Crippen LogP contribution in [0.25, 0.3) is 0 Å². The van der Waals surface area contributed by atoms with Crippen molar-refractivity contribution >= 4 is 21.5 Å². The number of nitrogens with zero attached hydrogens (tertiary/aromatic N) is 1. The summed E-state index contributed by atoms with van der Waals surface area (Å²) >= 11 is 0. The Balaban J connectivity index is 2.35. The van der Waals surface area contributed by atoms with Crippen LogP contribution < -0.4 is 10.0 Å². The molecule has 2 N–H and O–H groups in total. The Kier molecular flexibility index (Phi) is 3.24. The molecule has 0 radical (unpaired) electrons. The van der Waals surface area contributed by atoms with Crippen LogP contribution in [0.5, 0.6) is 0 Å². The molecule has 0 atom stereocenters. The van der Waals surface area contributed by atoms with E-state index >= 15 is 0 Å². The van der Waals surface area contributed by atoms with Crippen molar-refractivity contribution in [3.05, 3.63) is 36.1 Å². The van der Waals surface area contributed by atoms with Crippen LogP contribution in [0.1, 0.15) is 5.56 Å². The van der Waals surface area contributed by atoms with Crippen LogP contribution in [-0.2, 0) is 10.0 Å². The molecule has 18 heavy (non-hydrogen) atoms. The fourth-order valence-corrected chi connectivity index (χ4v) is 2.52. The van der Waals surface area contributed by atoms with E-state index in [0.717, 1.165) is 11.3 Å². The summed E-state index contributed by atoms with van der Waals surface area (Å²) < 4.78 is 31.0. The molecular weight excluding hydrogens is 254 g/mol. The SMILES string of the molecule is CNc1cc(S(=O)(=O)Nc2ccon2)ccc1C. The molecule has 2 aromatic rings. The van der Waals surface area contributed by atoms with Crippen LogP contribution in [0.3, 0.4) is 0 Å². The molecule has 7 heteroatoms. The fraction of sp³-hybridized carbons (Fsp3) is 0.182. The standard InChI is InChI=1S/C11H13N3O3S/c1-8-3-4-9(7-10(8)12-2)18(15,16)14-11-5-6-17-13-11/h3-7,12H,1-2H3,(H,13,14). The van der Waals surface area contributed by atoms with Gasteiger partial charge in [0.1, 0.15) is 6.26 Å². The topological polar surface area (TPSA) is 84.2 Å². The normalized spacial score (nSPS) is 11.2. The monoisotopic (exact) mass is 267 g/mol. The smallest absolute Gasteiger partial charge is 0.263 e. The van der Waals surface area contributed by atoms with Crippen molar-refractivity contribution in [1.82, 2.24) is 5.16 Å². The van der Waals surface area contributed by atoms with Gasteiger partial charge in [-0.15, -0.1) is 0 Å². The predicted octanol–water partition coefficient (Wildman–Crippen LogP) is 1.83. The second-order valence-corrected chi connectivity index (χ2v) is 5.40. The van der Waals surface area contributed by atoms with E-state index in [4.69, 9.17) is 0 Å². The Morgan fingerprint density at radius 3 is 2.67 bits per heavy atom. The van der Waals surface area contributed by atoms with Gasteiger partial charge in [-0.2, -0.15) is 0 Å². The first-order valence-corrected chi connectivity index (χ1v) is 6.73. The van der Waals surface area contributed by atoms with Crippen molar-refractivity contribution in [3.8, 4) is 0 Å². The van der Waals surface area contributed by atoms with E-state index in [1.54, 1.807) is 25.2 Å². The van der Waals surface area contributed by atoms with Crippen molar-refractivity contribution in [3.63, 3.8) is 0 Å². The highest BCUT2D eigenvalue weighted by Gasteiger charge is 2.16. The second kappa shape index (κ2) is 4.69. The average Bonchev–Trinajstić information content (AvgIpc) is 2.81. The maximum absolute atomic E-state index is 12.1. The quantitative estimate of drug-likeness (QED) is 0.882. The summed E-state index contributed by atoms with van der Waals surface area (Å²) in [6.07, 6.45) is 1.30. The number of hydrogen-bond acceptors (Lipinski definition) is 5. The molecule has 0 aliphatic carbocycles. The maximum atomic E-state index is 12.1. The van der Waals surface area contributed by atoms with Crippen molar-refractivity contribution in [1.29, 1.82) is 0 Å². The molecule has 0 amide bonds. The first-order valence-electron chi connectivity index (χ1n) is 5.24.